The van der Waals surface area contributed by atoms with Crippen LogP contribution in [-0.2, 0) is 16.6 Å². The van der Waals surface area contributed by atoms with Gasteiger partial charge in [-0.3, -0.25) is 4.21 Å². The summed E-state index contributed by atoms with van der Waals surface area (Å²) in [6.07, 6.45) is 0. The zero-order chi connectivity index (χ0) is 13.0. The highest BCUT2D eigenvalue weighted by molar-refractivity contribution is 7.84. The molecular weight excluding hydrogens is 243 g/mol. The normalized spacial score (nSPS) is 12.7. The van der Waals surface area contributed by atoms with Crippen LogP contribution in [0.5, 0.6) is 0 Å². The Morgan fingerprint density at radius 2 is 2.12 bits per heavy atom. The molecule has 5 heteroatoms. The van der Waals surface area contributed by atoms with Gasteiger partial charge in [-0.1, -0.05) is 19.9 Å². The molecule has 3 nitrogen and oxygen atoms in total. The average molecular weight is 258 g/mol. The van der Waals surface area contributed by atoms with Gasteiger partial charge in [0, 0.05) is 22.3 Å². The predicted molar refractivity (Wildman–Crippen MR) is 64.9 cm³/mol. The second-order valence-electron chi connectivity index (χ2n) is 4.26. The molecule has 1 aromatic carbocycles. The maximum absolute atomic E-state index is 13.3. The molecule has 1 aromatic rings. The van der Waals surface area contributed by atoms with Crippen molar-refractivity contribution in [3.8, 4) is 0 Å². The molecule has 0 aromatic heterocycles. The lowest BCUT2D eigenvalue weighted by Gasteiger charge is -2.06. The molecule has 0 spiro atoms. The molecule has 94 valence electrons. The Balaban J connectivity index is 2.77. The fourth-order valence-corrected chi connectivity index (χ4v) is 2.85. The number of hydrogen-bond acceptors (Lipinski definition) is 2. The monoisotopic (exact) mass is 258 g/mol. The molecule has 17 heavy (non-hydrogen) atoms. The third-order valence-electron chi connectivity index (χ3n) is 2.11. The van der Waals surface area contributed by atoms with E-state index in [2.05, 4.69) is 0 Å². The standard InChI is InChI=1S/C12H15FO3S/c1-8(2)6-17(16)7-9-3-4-10(12(14)15)11(13)5-9/h3-5,8H,6-7H2,1-2H3,(H,14,15). The van der Waals surface area contributed by atoms with Gasteiger partial charge in [-0.2, -0.15) is 0 Å². The van der Waals surface area contributed by atoms with Gasteiger partial charge in [-0.25, -0.2) is 9.18 Å². The van der Waals surface area contributed by atoms with Gasteiger partial charge in [-0.05, 0) is 23.6 Å². The van der Waals surface area contributed by atoms with E-state index in [4.69, 9.17) is 5.11 Å². The van der Waals surface area contributed by atoms with Crippen molar-refractivity contribution in [1.82, 2.24) is 0 Å². The van der Waals surface area contributed by atoms with Crippen LogP contribution in [-0.4, -0.2) is 21.0 Å². The number of hydrogen-bond donors (Lipinski definition) is 1. The number of aromatic carboxylic acids is 1. The molecule has 0 saturated heterocycles. The average Bonchev–Trinajstić information content (AvgIpc) is 2.15. The second-order valence-corrected chi connectivity index (χ2v) is 5.77. The molecule has 0 aliphatic carbocycles. The van der Waals surface area contributed by atoms with E-state index in [9.17, 15) is 13.4 Å². The lowest BCUT2D eigenvalue weighted by molar-refractivity contribution is 0.0692. The molecule has 0 saturated carbocycles. The van der Waals surface area contributed by atoms with Crippen LogP contribution in [0.15, 0.2) is 18.2 Å². The molecule has 1 unspecified atom stereocenters. The van der Waals surface area contributed by atoms with Crippen LogP contribution < -0.4 is 0 Å². The zero-order valence-corrected chi connectivity index (χ0v) is 10.6. The van der Waals surface area contributed by atoms with Crippen molar-refractivity contribution in [2.45, 2.75) is 19.6 Å². The minimum absolute atomic E-state index is 0.259. The Hall–Kier alpha value is -1.23. The number of carboxylic acids is 1. The quantitative estimate of drug-likeness (QED) is 0.882. The molecule has 0 fully saturated rings. The Bertz CT molecular complexity index is 443. The van der Waals surface area contributed by atoms with Gasteiger partial charge in [-0.15, -0.1) is 0 Å². The van der Waals surface area contributed by atoms with Gasteiger partial charge >= 0.3 is 5.97 Å². The highest BCUT2D eigenvalue weighted by Gasteiger charge is 2.12. The van der Waals surface area contributed by atoms with Gasteiger partial charge in [0.15, 0.2) is 0 Å². The van der Waals surface area contributed by atoms with E-state index in [0.717, 1.165) is 6.07 Å². The summed E-state index contributed by atoms with van der Waals surface area (Å²) in [5, 5.41) is 8.66. The van der Waals surface area contributed by atoms with Crippen molar-refractivity contribution in [2.24, 2.45) is 5.92 Å². The van der Waals surface area contributed by atoms with E-state index in [1.807, 2.05) is 13.8 Å². The van der Waals surface area contributed by atoms with Gasteiger partial charge in [0.25, 0.3) is 0 Å². The summed E-state index contributed by atoms with van der Waals surface area (Å²) in [6.45, 7) is 3.93. The fraction of sp³-hybridized carbons (Fsp3) is 0.417. The van der Waals surface area contributed by atoms with Crippen LogP contribution in [0.25, 0.3) is 0 Å². The largest absolute Gasteiger partial charge is 0.478 e. The van der Waals surface area contributed by atoms with Crippen LogP contribution in [0.4, 0.5) is 4.39 Å². The van der Waals surface area contributed by atoms with Crippen molar-refractivity contribution >= 4 is 16.8 Å². The minimum atomic E-state index is -1.29. The van der Waals surface area contributed by atoms with Crippen LogP contribution >= 0.6 is 0 Å². The van der Waals surface area contributed by atoms with Crippen LogP contribution in [0.3, 0.4) is 0 Å². The summed E-state index contributed by atoms with van der Waals surface area (Å²) in [5.41, 5.74) is 0.204. The summed E-state index contributed by atoms with van der Waals surface area (Å²) in [5.74, 6) is -0.940. The third-order valence-corrected chi connectivity index (χ3v) is 3.80. The predicted octanol–water partition coefficient (Wildman–Crippen LogP) is 2.43. The van der Waals surface area contributed by atoms with Crippen LogP contribution in [0, 0.1) is 11.7 Å². The van der Waals surface area contributed by atoms with Gasteiger partial charge in [0.2, 0.25) is 0 Å². The van der Waals surface area contributed by atoms with Gasteiger partial charge in [0.1, 0.15) is 5.82 Å². The number of rotatable bonds is 5. The molecule has 1 rings (SSSR count). The van der Waals surface area contributed by atoms with E-state index in [-0.39, 0.29) is 11.3 Å². The maximum Gasteiger partial charge on any atom is 0.338 e. The summed E-state index contributed by atoms with van der Waals surface area (Å²) in [7, 11) is -1.04. The molecule has 1 N–H and O–H groups in total. The smallest absolute Gasteiger partial charge is 0.338 e. The first-order valence-electron chi connectivity index (χ1n) is 5.27. The van der Waals surface area contributed by atoms with Crippen LogP contribution in [0.2, 0.25) is 0 Å². The molecule has 0 heterocycles. The van der Waals surface area contributed by atoms with E-state index >= 15 is 0 Å². The topological polar surface area (TPSA) is 54.4 Å². The number of halogens is 1. The van der Waals surface area contributed by atoms with E-state index < -0.39 is 22.6 Å². The first-order chi connectivity index (χ1) is 7.90. The number of carbonyl (C=O) groups is 1. The Morgan fingerprint density at radius 3 is 2.59 bits per heavy atom. The highest BCUT2D eigenvalue weighted by atomic mass is 32.2. The lowest BCUT2D eigenvalue weighted by atomic mass is 10.1. The molecule has 0 aliphatic rings. The number of benzene rings is 1. The Kier molecular flexibility index (Phi) is 4.81. The molecule has 0 amide bonds. The summed E-state index contributed by atoms with van der Waals surface area (Å²) in [6, 6.07) is 3.85. The van der Waals surface area contributed by atoms with Crippen molar-refractivity contribution in [1.29, 1.82) is 0 Å². The summed E-state index contributed by atoms with van der Waals surface area (Å²) < 4.78 is 25.0. The Morgan fingerprint density at radius 1 is 1.47 bits per heavy atom. The zero-order valence-electron chi connectivity index (χ0n) is 9.77. The first kappa shape index (κ1) is 13.8. The Labute approximate surface area is 102 Å². The number of carboxylic acid groups (broad SMARTS) is 1. The van der Waals surface area contributed by atoms with E-state index in [1.54, 1.807) is 0 Å². The van der Waals surface area contributed by atoms with Gasteiger partial charge < -0.3 is 5.11 Å². The van der Waals surface area contributed by atoms with Crippen molar-refractivity contribution in [2.75, 3.05) is 5.75 Å². The SMILES string of the molecule is CC(C)CS(=O)Cc1ccc(C(=O)O)c(F)c1. The van der Waals surface area contributed by atoms with Crippen molar-refractivity contribution < 1.29 is 18.5 Å². The third kappa shape index (κ3) is 4.26. The van der Waals surface area contributed by atoms with E-state index in [1.165, 1.54) is 12.1 Å². The maximum atomic E-state index is 13.3. The van der Waals surface area contributed by atoms with Gasteiger partial charge in [0.05, 0.1) is 5.56 Å². The molecule has 0 aliphatic heterocycles. The molecule has 0 bridgehead atoms. The molecular formula is C12H15FO3S. The van der Waals surface area contributed by atoms with Crippen LogP contribution in [0.1, 0.15) is 29.8 Å². The first-order valence-corrected chi connectivity index (χ1v) is 6.75. The molecule has 0 radical (unpaired) electrons. The summed E-state index contributed by atoms with van der Waals surface area (Å²) in [4.78, 5) is 10.6. The second kappa shape index (κ2) is 5.91. The molecule has 1 atom stereocenters. The highest BCUT2D eigenvalue weighted by Crippen LogP contribution is 2.13. The fourth-order valence-electron chi connectivity index (χ4n) is 1.44. The van der Waals surface area contributed by atoms with Crippen molar-refractivity contribution in [3.05, 3.63) is 35.1 Å². The minimum Gasteiger partial charge on any atom is -0.478 e. The summed E-state index contributed by atoms with van der Waals surface area (Å²) >= 11 is 0. The lowest BCUT2D eigenvalue weighted by Crippen LogP contribution is -2.07. The van der Waals surface area contributed by atoms with E-state index in [0.29, 0.717) is 17.2 Å². The van der Waals surface area contributed by atoms with Crippen molar-refractivity contribution in [3.63, 3.8) is 0 Å².